The lowest BCUT2D eigenvalue weighted by molar-refractivity contribution is 0.624. The molecule has 7 heteroatoms. The predicted octanol–water partition coefficient (Wildman–Crippen LogP) is 4.35. The van der Waals surface area contributed by atoms with E-state index in [9.17, 15) is 9.18 Å². The van der Waals surface area contributed by atoms with Crippen molar-refractivity contribution >= 4 is 34.2 Å². The van der Waals surface area contributed by atoms with Crippen molar-refractivity contribution in [3.63, 3.8) is 0 Å². The quantitative estimate of drug-likeness (QED) is 0.509. The number of benzene rings is 1. The van der Waals surface area contributed by atoms with Crippen LogP contribution in [0.3, 0.4) is 0 Å². The molecule has 0 aliphatic carbocycles. The van der Waals surface area contributed by atoms with Crippen LogP contribution in [-0.2, 0) is 0 Å². The lowest BCUT2D eigenvalue weighted by atomic mass is 10.0. The number of pyridine rings is 1. The predicted molar refractivity (Wildman–Crippen MR) is 89.2 cm³/mol. The van der Waals surface area contributed by atoms with Gasteiger partial charge in [-0.05, 0) is 23.6 Å². The van der Waals surface area contributed by atoms with Gasteiger partial charge in [-0.15, -0.1) is 0 Å². The van der Waals surface area contributed by atoms with Gasteiger partial charge in [0.1, 0.15) is 5.15 Å². The van der Waals surface area contributed by atoms with Crippen LogP contribution in [0.1, 0.15) is 25.3 Å². The number of fused-ring (bicyclic) bond motifs is 1. The second-order valence-corrected chi connectivity index (χ2v) is 6.08. The topological polar surface area (TPSA) is 47.8 Å². The number of nitrogens with zero attached hydrogens (tertiary/aromatic N) is 3. The summed E-state index contributed by atoms with van der Waals surface area (Å²) in [5.41, 5.74) is 1.14. The monoisotopic (exact) mass is 351 g/mol. The Morgan fingerprint density at radius 1 is 1.13 bits per heavy atom. The van der Waals surface area contributed by atoms with Gasteiger partial charge >= 0.3 is 5.69 Å². The molecule has 0 unspecified atom stereocenters. The molecule has 0 N–H and O–H groups in total. The summed E-state index contributed by atoms with van der Waals surface area (Å²) in [6.07, 6.45) is 0. The van der Waals surface area contributed by atoms with Gasteiger partial charge in [-0.25, -0.2) is 18.7 Å². The summed E-state index contributed by atoms with van der Waals surface area (Å²) in [4.78, 5) is 20.2. The van der Waals surface area contributed by atoms with Crippen LogP contribution < -0.4 is 5.69 Å². The Hall–Kier alpha value is -1.98. The van der Waals surface area contributed by atoms with Crippen LogP contribution in [0.5, 0.6) is 0 Å². The van der Waals surface area contributed by atoms with Crippen molar-refractivity contribution in [3.05, 3.63) is 62.5 Å². The Morgan fingerprint density at radius 3 is 2.52 bits per heavy atom. The zero-order valence-electron chi connectivity index (χ0n) is 12.3. The van der Waals surface area contributed by atoms with E-state index in [2.05, 4.69) is 9.97 Å². The highest BCUT2D eigenvalue weighted by Crippen LogP contribution is 2.27. The maximum atomic E-state index is 13.7. The minimum atomic E-state index is -0.717. The van der Waals surface area contributed by atoms with Gasteiger partial charge in [0.2, 0.25) is 0 Å². The maximum Gasteiger partial charge on any atom is 0.355 e. The first kappa shape index (κ1) is 15.9. The summed E-state index contributed by atoms with van der Waals surface area (Å²) in [5.74, 6) is -0.551. The normalized spacial score (nSPS) is 11.4. The van der Waals surface area contributed by atoms with Gasteiger partial charge in [-0.2, -0.15) is 4.98 Å². The largest absolute Gasteiger partial charge is 0.355 e. The molecule has 23 heavy (non-hydrogen) atoms. The van der Waals surface area contributed by atoms with Crippen molar-refractivity contribution in [2.45, 2.75) is 19.8 Å². The molecule has 3 aromatic rings. The molecular weight excluding hydrogens is 340 g/mol. The zero-order valence-corrected chi connectivity index (χ0v) is 13.9. The third-order valence-corrected chi connectivity index (χ3v) is 4.09. The average Bonchev–Trinajstić information content (AvgIpc) is 2.50. The van der Waals surface area contributed by atoms with Crippen molar-refractivity contribution in [3.8, 4) is 5.69 Å². The first-order valence-corrected chi connectivity index (χ1v) is 7.69. The molecule has 0 radical (unpaired) electrons. The third-order valence-electron chi connectivity index (χ3n) is 3.53. The molecule has 0 spiro atoms. The Kier molecular flexibility index (Phi) is 4.08. The molecule has 2 aromatic heterocycles. The number of halogens is 3. The molecule has 0 saturated carbocycles. The molecule has 0 aliphatic heterocycles. The van der Waals surface area contributed by atoms with E-state index < -0.39 is 11.5 Å². The Morgan fingerprint density at radius 2 is 1.83 bits per heavy atom. The van der Waals surface area contributed by atoms with E-state index >= 15 is 0 Å². The van der Waals surface area contributed by atoms with E-state index in [-0.39, 0.29) is 27.3 Å². The molecule has 2 heterocycles. The van der Waals surface area contributed by atoms with Gasteiger partial charge in [0.05, 0.1) is 11.1 Å². The van der Waals surface area contributed by atoms with Gasteiger partial charge in [-0.1, -0.05) is 55.2 Å². The smallest absolute Gasteiger partial charge is 0.245 e. The summed E-state index contributed by atoms with van der Waals surface area (Å²) >= 11 is 11.8. The van der Waals surface area contributed by atoms with Crippen LogP contribution >= 0.6 is 23.2 Å². The first-order chi connectivity index (χ1) is 10.9. The van der Waals surface area contributed by atoms with Crippen LogP contribution in [0.25, 0.3) is 16.7 Å². The minimum Gasteiger partial charge on any atom is -0.245 e. The van der Waals surface area contributed by atoms with E-state index in [1.807, 2.05) is 26.0 Å². The Labute approximate surface area is 141 Å². The van der Waals surface area contributed by atoms with Gasteiger partial charge in [0, 0.05) is 0 Å². The fraction of sp³-hybridized carbons (Fsp3) is 0.188. The molecule has 0 fully saturated rings. The Balaban J connectivity index is 2.48. The van der Waals surface area contributed by atoms with Gasteiger partial charge < -0.3 is 0 Å². The molecular formula is C16H12Cl2FN3O. The standard InChI is InChI=1S/C16H12Cl2FN3O/c1-8(2)9-5-3-4-6-12(9)22-15-10(13(17)21-16(22)23)7-11(19)14(18)20-15/h3-8H,1-2H3. The first-order valence-electron chi connectivity index (χ1n) is 6.93. The van der Waals surface area contributed by atoms with Crippen LogP contribution in [0, 0.1) is 5.82 Å². The number of aromatic nitrogens is 3. The van der Waals surface area contributed by atoms with Crippen LogP contribution in [0.4, 0.5) is 4.39 Å². The minimum absolute atomic E-state index is 0.105. The van der Waals surface area contributed by atoms with Crippen molar-refractivity contribution < 1.29 is 4.39 Å². The molecule has 0 atom stereocenters. The fourth-order valence-corrected chi connectivity index (χ4v) is 2.81. The van der Waals surface area contributed by atoms with Crippen LogP contribution in [0.2, 0.25) is 10.3 Å². The molecule has 0 bridgehead atoms. The number of rotatable bonds is 2. The lowest BCUT2D eigenvalue weighted by Gasteiger charge is -2.16. The molecule has 0 amide bonds. The van der Waals surface area contributed by atoms with E-state index in [0.29, 0.717) is 5.69 Å². The third kappa shape index (κ3) is 2.71. The van der Waals surface area contributed by atoms with Gasteiger partial charge in [-0.3, -0.25) is 0 Å². The molecule has 4 nitrogen and oxygen atoms in total. The number of para-hydroxylation sites is 1. The van der Waals surface area contributed by atoms with E-state index in [4.69, 9.17) is 23.2 Å². The average molecular weight is 352 g/mol. The highest BCUT2D eigenvalue weighted by atomic mass is 35.5. The molecule has 1 aromatic carbocycles. The van der Waals surface area contributed by atoms with Crippen molar-refractivity contribution in [1.82, 2.24) is 14.5 Å². The second-order valence-electron chi connectivity index (χ2n) is 5.37. The van der Waals surface area contributed by atoms with Gasteiger partial charge in [0.25, 0.3) is 0 Å². The Bertz CT molecular complexity index is 969. The van der Waals surface area contributed by atoms with Crippen LogP contribution in [0.15, 0.2) is 35.1 Å². The lowest BCUT2D eigenvalue weighted by Crippen LogP contribution is -2.24. The summed E-state index contributed by atoms with van der Waals surface area (Å²) in [5, 5.41) is -0.201. The van der Waals surface area contributed by atoms with Crippen molar-refractivity contribution in [2.75, 3.05) is 0 Å². The molecule has 0 aliphatic rings. The summed E-state index contributed by atoms with van der Waals surface area (Å²) in [6, 6.07) is 8.52. The molecule has 0 saturated heterocycles. The summed E-state index contributed by atoms with van der Waals surface area (Å²) in [6.45, 7) is 4.02. The van der Waals surface area contributed by atoms with E-state index in [1.54, 1.807) is 12.1 Å². The molecule has 118 valence electrons. The van der Waals surface area contributed by atoms with E-state index in [0.717, 1.165) is 11.6 Å². The maximum absolute atomic E-state index is 13.7. The summed E-state index contributed by atoms with van der Waals surface area (Å²) in [7, 11) is 0. The SMILES string of the molecule is CC(C)c1ccccc1-n1c(=O)nc(Cl)c2cc(F)c(Cl)nc21. The number of hydrogen-bond donors (Lipinski definition) is 0. The molecule has 3 rings (SSSR count). The zero-order chi connectivity index (χ0) is 16.7. The highest BCUT2D eigenvalue weighted by molar-refractivity contribution is 6.34. The number of hydrogen-bond acceptors (Lipinski definition) is 3. The van der Waals surface area contributed by atoms with Crippen molar-refractivity contribution in [2.24, 2.45) is 0 Å². The van der Waals surface area contributed by atoms with Crippen LogP contribution in [-0.4, -0.2) is 14.5 Å². The summed E-state index contributed by atoms with van der Waals surface area (Å²) < 4.78 is 15.0. The van der Waals surface area contributed by atoms with Gasteiger partial charge in [0.15, 0.2) is 16.6 Å². The fourth-order valence-electron chi connectivity index (χ4n) is 2.46. The second kappa shape index (κ2) is 5.91. The van der Waals surface area contributed by atoms with E-state index in [1.165, 1.54) is 4.57 Å². The highest BCUT2D eigenvalue weighted by Gasteiger charge is 2.18. The van der Waals surface area contributed by atoms with Crippen molar-refractivity contribution in [1.29, 1.82) is 0 Å².